The Kier molecular flexibility index (Phi) is 5.94. The summed E-state index contributed by atoms with van der Waals surface area (Å²) in [6.07, 6.45) is 3.39. The maximum absolute atomic E-state index is 16.0. The second kappa shape index (κ2) is 8.20. The molecule has 1 fully saturated rings. The van der Waals surface area contributed by atoms with Crippen LogP contribution in [-0.4, -0.2) is 17.3 Å². The van der Waals surface area contributed by atoms with Crippen molar-refractivity contribution in [1.82, 2.24) is 5.32 Å². The largest absolute Gasteiger partial charge is 0.493 e. The standard InChI is InChI=1S/C26H27F2NO2S2/c1-13-9-16-17(26(4,5)8-7-25(16,2)3)12-15(13)20-21(28)14(10-18(27)22(20)31-6)11-19-23(30)29-24(32)33-19/h9-12H,7-8H2,1-6H3,(H,29,30,32)/b19-11+. The van der Waals surface area contributed by atoms with Crippen LogP contribution in [0.15, 0.2) is 23.1 Å². The lowest BCUT2D eigenvalue weighted by Crippen LogP contribution is -2.34. The van der Waals surface area contributed by atoms with Gasteiger partial charge in [-0.25, -0.2) is 8.78 Å². The number of benzene rings is 2. The normalized spacial score (nSPS) is 20.1. The summed E-state index contributed by atoms with van der Waals surface area (Å²) in [5.74, 6) is -1.90. The predicted molar refractivity (Wildman–Crippen MR) is 135 cm³/mol. The van der Waals surface area contributed by atoms with Crippen molar-refractivity contribution in [3.63, 3.8) is 0 Å². The summed E-state index contributed by atoms with van der Waals surface area (Å²) in [6, 6.07) is 5.15. The van der Waals surface area contributed by atoms with Crippen molar-refractivity contribution in [3.05, 3.63) is 57.0 Å². The van der Waals surface area contributed by atoms with Crippen molar-refractivity contribution in [2.45, 2.75) is 58.3 Å². The van der Waals surface area contributed by atoms with E-state index in [1.807, 2.05) is 13.0 Å². The first-order chi connectivity index (χ1) is 15.4. The van der Waals surface area contributed by atoms with Gasteiger partial charge < -0.3 is 10.1 Å². The highest BCUT2D eigenvalue weighted by Crippen LogP contribution is 2.49. The summed E-state index contributed by atoms with van der Waals surface area (Å²) in [6.45, 7) is 10.7. The molecule has 0 atom stereocenters. The molecule has 0 unspecified atom stereocenters. The van der Waals surface area contributed by atoms with E-state index in [0.29, 0.717) is 5.56 Å². The summed E-state index contributed by atoms with van der Waals surface area (Å²) in [5, 5.41) is 2.50. The third-order valence-corrected chi connectivity index (χ3v) is 7.96. The van der Waals surface area contributed by atoms with Gasteiger partial charge in [-0.3, -0.25) is 4.79 Å². The number of hydrogen-bond acceptors (Lipinski definition) is 4. The van der Waals surface area contributed by atoms with E-state index in [1.54, 1.807) is 0 Å². The van der Waals surface area contributed by atoms with Gasteiger partial charge in [-0.1, -0.05) is 57.7 Å². The van der Waals surface area contributed by atoms with E-state index in [4.69, 9.17) is 17.0 Å². The molecule has 0 radical (unpaired) electrons. The van der Waals surface area contributed by atoms with Crippen molar-refractivity contribution in [2.24, 2.45) is 0 Å². The van der Waals surface area contributed by atoms with Crippen LogP contribution in [0.4, 0.5) is 8.78 Å². The molecule has 0 bridgehead atoms. The van der Waals surface area contributed by atoms with Crippen LogP contribution in [0.3, 0.4) is 0 Å². The number of nitrogens with one attached hydrogen (secondary N) is 1. The molecule has 0 saturated carbocycles. The van der Waals surface area contributed by atoms with Crippen molar-refractivity contribution < 1.29 is 18.3 Å². The second-order valence-corrected chi connectivity index (χ2v) is 11.7. The zero-order valence-corrected chi connectivity index (χ0v) is 21.2. The third-order valence-electron chi connectivity index (χ3n) is 6.80. The van der Waals surface area contributed by atoms with Crippen LogP contribution < -0.4 is 10.1 Å². The van der Waals surface area contributed by atoms with Crippen LogP contribution in [0.5, 0.6) is 5.75 Å². The van der Waals surface area contributed by atoms with Crippen LogP contribution in [-0.2, 0) is 15.6 Å². The number of rotatable bonds is 3. The van der Waals surface area contributed by atoms with Crippen LogP contribution in [0.1, 0.15) is 62.8 Å². The molecule has 1 aliphatic heterocycles. The van der Waals surface area contributed by atoms with E-state index >= 15 is 8.78 Å². The van der Waals surface area contributed by atoms with Crippen molar-refractivity contribution in [2.75, 3.05) is 7.11 Å². The zero-order valence-electron chi connectivity index (χ0n) is 19.6. The van der Waals surface area contributed by atoms with Gasteiger partial charge in [0.2, 0.25) is 0 Å². The lowest BCUT2D eigenvalue weighted by Gasteiger charge is -2.42. The number of halogens is 2. The number of fused-ring (bicyclic) bond motifs is 1. The van der Waals surface area contributed by atoms with E-state index in [0.717, 1.165) is 41.8 Å². The van der Waals surface area contributed by atoms with Gasteiger partial charge in [0.25, 0.3) is 5.91 Å². The summed E-state index contributed by atoms with van der Waals surface area (Å²) >= 11 is 6.03. The topological polar surface area (TPSA) is 38.3 Å². The molecule has 2 aromatic carbocycles. The molecule has 1 amide bonds. The molecule has 33 heavy (non-hydrogen) atoms. The van der Waals surface area contributed by atoms with Crippen LogP contribution >= 0.6 is 24.0 Å². The molecule has 1 N–H and O–H groups in total. The fourth-order valence-electron chi connectivity index (χ4n) is 4.73. The first-order valence-electron chi connectivity index (χ1n) is 10.8. The molecule has 7 heteroatoms. The monoisotopic (exact) mass is 487 g/mol. The first-order valence-corrected chi connectivity index (χ1v) is 12.0. The van der Waals surface area contributed by atoms with Crippen LogP contribution in [0, 0.1) is 18.6 Å². The van der Waals surface area contributed by atoms with E-state index in [-0.39, 0.29) is 36.9 Å². The Balaban J connectivity index is 1.98. The molecule has 2 aromatic rings. The van der Waals surface area contributed by atoms with Gasteiger partial charge in [-0.15, -0.1) is 0 Å². The van der Waals surface area contributed by atoms with Crippen LogP contribution in [0.2, 0.25) is 0 Å². The number of amides is 1. The summed E-state index contributed by atoms with van der Waals surface area (Å²) in [7, 11) is 1.33. The molecule has 1 aliphatic carbocycles. The van der Waals surface area contributed by atoms with E-state index < -0.39 is 17.5 Å². The number of methoxy groups -OCH3 is 1. The second-order valence-electron chi connectivity index (χ2n) is 10.0. The maximum atomic E-state index is 16.0. The van der Waals surface area contributed by atoms with Gasteiger partial charge in [0.15, 0.2) is 11.6 Å². The quantitative estimate of drug-likeness (QED) is 0.382. The molecule has 0 aromatic heterocycles. The molecular formula is C26H27F2NO2S2. The van der Waals surface area contributed by atoms with Crippen molar-refractivity contribution in [3.8, 4) is 16.9 Å². The van der Waals surface area contributed by atoms with Gasteiger partial charge in [-0.05, 0) is 71.1 Å². The van der Waals surface area contributed by atoms with E-state index in [2.05, 4.69) is 39.1 Å². The average Bonchev–Trinajstić information content (AvgIpc) is 3.04. The van der Waals surface area contributed by atoms with Gasteiger partial charge in [0.05, 0.1) is 17.6 Å². The van der Waals surface area contributed by atoms with Crippen molar-refractivity contribution >= 4 is 40.3 Å². The Hall–Kier alpha value is -2.25. The average molecular weight is 488 g/mol. The highest BCUT2D eigenvalue weighted by Gasteiger charge is 2.38. The fourth-order valence-corrected chi connectivity index (χ4v) is 5.76. The smallest absolute Gasteiger partial charge is 0.263 e. The van der Waals surface area contributed by atoms with Crippen molar-refractivity contribution in [1.29, 1.82) is 0 Å². The molecule has 2 aliphatic rings. The molecular weight excluding hydrogens is 460 g/mol. The number of aryl methyl sites for hydroxylation is 1. The Bertz CT molecular complexity index is 1230. The highest BCUT2D eigenvalue weighted by atomic mass is 32.2. The van der Waals surface area contributed by atoms with Gasteiger partial charge >= 0.3 is 0 Å². The van der Waals surface area contributed by atoms with Gasteiger partial charge in [-0.2, -0.15) is 0 Å². The number of carbonyl (C=O) groups is 1. The highest BCUT2D eigenvalue weighted by molar-refractivity contribution is 8.26. The number of hydrogen-bond donors (Lipinski definition) is 1. The SMILES string of the molecule is COc1c(F)cc(/C=C2/SC(=S)NC2=O)c(F)c1-c1cc2c(cc1C)C(C)(C)CCC2(C)C. The molecule has 174 valence electrons. The van der Waals surface area contributed by atoms with E-state index in [9.17, 15) is 4.79 Å². The molecule has 4 rings (SSSR count). The predicted octanol–water partition coefficient (Wildman–Crippen LogP) is 6.79. The molecule has 0 spiro atoms. The Morgan fingerprint density at radius 3 is 2.24 bits per heavy atom. The Labute approximate surface area is 203 Å². The number of carbonyl (C=O) groups excluding carboxylic acids is 1. The van der Waals surface area contributed by atoms with Crippen LogP contribution in [0.25, 0.3) is 17.2 Å². The fraction of sp³-hybridized carbons (Fsp3) is 0.385. The van der Waals surface area contributed by atoms with Gasteiger partial charge in [0, 0.05) is 5.56 Å². The molecule has 3 nitrogen and oxygen atoms in total. The molecule has 1 saturated heterocycles. The number of ether oxygens (including phenoxy) is 1. The minimum atomic E-state index is -0.691. The number of thiocarbonyl (C=S) groups is 1. The summed E-state index contributed by atoms with van der Waals surface area (Å²) < 4.78 is 36.7. The summed E-state index contributed by atoms with van der Waals surface area (Å²) in [4.78, 5) is 12.3. The number of thioether (sulfide) groups is 1. The lowest BCUT2D eigenvalue weighted by atomic mass is 9.62. The summed E-state index contributed by atoms with van der Waals surface area (Å²) in [5.41, 5.74) is 3.76. The Morgan fingerprint density at radius 2 is 1.70 bits per heavy atom. The lowest BCUT2D eigenvalue weighted by molar-refractivity contribution is -0.115. The first kappa shape index (κ1) is 23.9. The maximum Gasteiger partial charge on any atom is 0.263 e. The van der Waals surface area contributed by atoms with E-state index in [1.165, 1.54) is 18.7 Å². The minimum Gasteiger partial charge on any atom is -0.493 e. The Morgan fingerprint density at radius 1 is 1.09 bits per heavy atom. The zero-order chi connectivity index (χ0) is 24.3. The van der Waals surface area contributed by atoms with Gasteiger partial charge in [0.1, 0.15) is 10.1 Å². The third kappa shape index (κ3) is 4.10. The molecule has 1 heterocycles. The minimum absolute atomic E-state index is 0.000231.